The average Bonchev–Trinajstić information content (AvgIpc) is 3.57. The van der Waals surface area contributed by atoms with Crippen LogP contribution in [-0.2, 0) is 0 Å². The number of nitrogens with zero attached hydrogens (tertiary/aromatic N) is 6. The van der Waals surface area contributed by atoms with Crippen molar-refractivity contribution < 1.29 is 0 Å². The molecule has 0 aromatic rings. The molecule has 6 nitrogen and oxygen atoms in total. The molecule has 2 unspecified atom stereocenters. The zero-order valence-corrected chi connectivity index (χ0v) is 30.5. The largest absolute Gasteiger partial charge is 0.356 e. The molecule has 2 rings (SSSR count). The van der Waals surface area contributed by atoms with E-state index in [1.807, 2.05) is 0 Å². The maximum absolute atomic E-state index is 5.53. The van der Waals surface area contributed by atoms with Gasteiger partial charge in [-0.1, -0.05) is 131 Å². The summed E-state index contributed by atoms with van der Waals surface area (Å²) < 4.78 is 0. The Labute approximate surface area is 274 Å². The minimum absolute atomic E-state index is 0.439. The van der Waals surface area contributed by atoms with Gasteiger partial charge in [-0.2, -0.15) is 10.2 Å². The van der Waals surface area contributed by atoms with Crippen molar-refractivity contribution in [3.8, 4) is 0 Å². The van der Waals surface area contributed by atoms with Crippen molar-refractivity contribution in [2.24, 2.45) is 20.2 Å². The summed E-state index contributed by atoms with van der Waals surface area (Å²) in [4.78, 5) is 16.2. The standard InChI is InChI=1S/C38H74N6/c1-7-13-19-23-27-35-39-37(29-25-21-15-9-3,33-43(35)31-17-11-5)41-42-38(30-26-22-16-10-4)34-44(32-18-12-6)36(40-38)28-24-20-14-8-2/h7-34H2,1-6H3/b42-41+. The fraction of sp³-hybridized carbons (Fsp3) is 0.947. The molecule has 0 spiro atoms. The monoisotopic (exact) mass is 615 g/mol. The minimum Gasteiger partial charge on any atom is -0.356 e. The van der Waals surface area contributed by atoms with E-state index in [9.17, 15) is 0 Å². The van der Waals surface area contributed by atoms with Crippen molar-refractivity contribution in [1.82, 2.24) is 9.80 Å². The Morgan fingerprint density at radius 3 is 1.14 bits per heavy atom. The molecule has 0 aromatic carbocycles. The van der Waals surface area contributed by atoms with E-state index in [0.717, 1.165) is 51.9 Å². The smallest absolute Gasteiger partial charge is 0.189 e. The lowest BCUT2D eigenvalue weighted by Crippen LogP contribution is -2.38. The molecule has 44 heavy (non-hydrogen) atoms. The Balaban J connectivity index is 2.41. The maximum Gasteiger partial charge on any atom is 0.189 e. The first-order valence-electron chi connectivity index (χ1n) is 19.6. The third-order valence-corrected chi connectivity index (χ3v) is 9.65. The van der Waals surface area contributed by atoms with E-state index in [0.29, 0.717) is 0 Å². The van der Waals surface area contributed by atoms with E-state index in [-0.39, 0.29) is 0 Å². The minimum atomic E-state index is -0.439. The summed E-state index contributed by atoms with van der Waals surface area (Å²) in [6.07, 6.45) is 29.3. The molecular weight excluding hydrogens is 540 g/mol. The highest BCUT2D eigenvalue weighted by Gasteiger charge is 2.43. The van der Waals surface area contributed by atoms with Crippen LogP contribution < -0.4 is 0 Å². The van der Waals surface area contributed by atoms with Gasteiger partial charge in [0.15, 0.2) is 11.3 Å². The van der Waals surface area contributed by atoms with Gasteiger partial charge in [0.25, 0.3) is 0 Å². The van der Waals surface area contributed by atoms with E-state index >= 15 is 0 Å². The summed E-state index contributed by atoms with van der Waals surface area (Å²) in [5.41, 5.74) is -0.878. The van der Waals surface area contributed by atoms with Crippen LogP contribution in [0.4, 0.5) is 0 Å². The Morgan fingerprint density at radius 1 is 0.455 bits per heavy atom. The second kappa shape index (κ2) is 23.0. The van der Waals surface area contributed by atoms with Crippen LogP contribution >= 0.6 is 0 Å². The second-order valence-electron chi connectivity index (χ2n) is 14.0. The molecule has 0 saturated carbocycles. The van der Waals surface area contributed by atoms with Crippen molar-refractivity contribution in [1.29, 1.82) is 0 Å². The van der Waals surface area contributed by atoms with Crippen molar-refractivity contribution in [2.45, 2.75) is 207 Å². The predicted octanol–water partition coefficient (Wildman–Crippen LogP) is 11.7. The number of aliphatic imine (C=N–C) groups is 2. The molecule has 256 valence electrons. The Hall–Kier alpha value is -1.46. The first kappa shape index (κ1) is 38.7. The van der Waals surface area contributed by atoms with E-state index < -0.39 is 11.3 Å². The fourth-order valence-corrected chi connectivity index (χ4v) is 6.78. The predicted molar refractivity (Wildman–Crippen MR) is 193 cm³/mol. The second-order valence-corrected chi connectivity index (χ2v) is 14.0. The van der Waals surface area contributed by atoms with Crippen LogP contribution in [0.15, 0.2) is 20.2 Å². The summed E-state index contributed by atoms with van der Waals surface area (Å²) in [6.45, 7) is 17.8. The molecule has 0 bridgehead atoms. The molecule has 2 aliphatic rings. The first-order chi connectivity index (χ1) is 21.5. The van der Waals surface area contributed by atoms with Gasteiger partial charge < -0.3 is 9.80 Å². The molecule has 0 saturated heterocycles. The third-order valence-electron chi connectivity index (χ3n) is 9.65. The summed E-state index contributed by atoms with van der Waals surface area (Å²) in [5.74, 6) is 2.61. The van der Waals surface area contributed by atoms with Gasteiger partial charge in [0.1, 0.15) is 11.7 Å². The lowest BCUT2D eigenvalue weighted by atomic mass is 10.0. The highest BCUT2D eigenvalue weighted by molar-refractivity contribution is 5.85. The zero-order chi connectivity index (χ0) is 31.9. The van der Waals surface area contributed by atoms with Crippen LogP contribution in [0.3, 0.4) is 0 Å². The lowest BCUT2D eigenvalue weighted by Gasteiger charge is -2.28. The Morgan fingerprint density at radius 2 is 0.795 bits per heavy atom. The van der Waals surface area contributed by atoms with E-state index in [4.69, 9.17) is 20.2 Å². The number of azo groups is 1. The number of hydrogen-bond acceptors (Lipinski definition) is 6. The van der Waals surface area contributed by atoms with Gasteiger partial charge in [-0.05, 0) is 51.4 Å². The number of rotatable bonds is 28. The van der Waals surface area contributed by atoms with E-state index in [2.05, 4.69) is 51.3 Å². The SMILES string of the molecule is CCCCCCC1=NC(CCCCCC)(/N=N/C2(CCCCCC)CN(CCCC)C(CCCCCC)=N2)CN1CCCC. The van der Waals surface area contributed by atoms with Crippen LogP contribution in [0.25, 0.3) is 0 Å². The van der Waals surface area contributed by atoms with Gasteiger partial charge in [-0.3, -0.25) is 0 Å². The topological polar surface area (TPSA) is 55.9 Å². The van der Waals surface area contributed by atoms with Crippen molar-refractivity contribution in [3.05, 3.63) is 0 Å². The third kappa shape index (κ3) is 13.9. The quantitative estimate of drug-likeness (QED) is 0.0650. The molecule has 0 amide bonds. The highest BCUT2D eigenvalue weighted by atomic mass is 15.4. The van der Waals surface area contributed by atoms with E-state index in [1.165, 1.54) is 140 Å². The normalized spacial score (nSPS) is 22.0. The van der Waals surface area contributed by atoms with Gasteiger partial charge >= 0.3 is 0 Å². The number of hydrogen-bond donors (Lipinski definition) is 0. The molecule has 6 heteroatoms. The summed E-state index contributed by atoms with van der Waals surface area (Å²) >= 11 is 0. The molecule has 2 aliphatic heterocycles. The molecule has 2 atom stereocenters. The van der Waals surface area contributed by atoms with Gasteiger partial charge in [-0.15, -0.1) is 0 Å². The maximum atomic E-state index is 5.53. The van der Waals surface area contributed by atoms with Gasteiger partial charge in [0, 0.05) is 25.9 Å². The molecule has 0 fully saturated rings. The van der Waals surface area contributed by atoms with Crippen molar-refractivity contribution in [2.75, 3.05) is 26.2 Å². The molecule has 0 N–H and O–H groups in total. The summed E-state index contributed by atoms with van der Waals surface area (Å²) in [5, 5.41) is 10.8. The first-order valence-corrected chi connectivity index (χ1v) is 19.6. The van der Waals surface area contributed by atoms with Crippen LogP contribution in [0.2, 0.25) is 0 Å². The summed E-state index contributed by atoms with van der Waals surface area (Å²) in [7, 11) is 0. The van der Waals surface area contributed by atoms with Crippen molar-refractivity contribution in [3.63, 3.8) is 0 Å². The molecule has 2 heterocycles. The van der Waals surface area contributed by atoms with Crippen LogP contribution in [0.5, 0.6) is 0 Å². The fourth-order valence-electron chi connectivity index (χ4n) is 6.78. The Bertz CT molecular complexity index is 756. The van der Waals surface area contributed by atoms with Gasteiger partial charge in [0.05, 0.1) is 13.1 Å². The molecular formula is C38H74N6. The van der Waals surface area contributed by atoms with Crippen LogP contribution in [-0.4, -0.2) is 59.0 Å². The van der Waals surface area contributed by atoms with Crippen LogP contribution in [0.1, 0.15) is 196 Å². The molecule has 0 radical (unpaired) electrons. The van der Waals surface area contributed by atoms with Gasteiger partial charge in [-0.25, -0.2) is 9.98 Å². The average molecular weight is 615 g/mol. The number of amidine groups is 2. The summed E-state index contributed by atoms with van der Waals surface area (Å²) in [6, 6.07) is 0. The highest BCUT2D eigenvalue weighted by Crippen LogP contribution is 2.36. The lowest BCUT2D eigenvalue weighted by molar-refractivity contribution is 0.269. The number of unbranched alkanes of at least 4 members (excludes halogenated alkanes) is 14. The zero-order valence-electron chi connectivity index (χ0n) is 30.5. The molecule has 0 aromatic heterocycles. The van der Waals surface area contributed by atoms with Crippen molar-refractivity contribution >= 4 is 11.7 Å². The Kier molecular flexibility index (Phi) is 20.2. The molecule has 0 aliphatic carbocycles. The van der Waals surface area contributed by atoms with Crippen LogP contribution in [0, 0.1) is 0 Å². The van der Waals surface area contributed by atoms with Gasteiger partial charge in [0.2, 0.25) is 0 Å². The van der Waals surface area contributed by atoms with E-state index in [1.54, 1.807) is 0 Å².